The van der Waals surface area contributed by atoms with Crippen LogP contribution < -0.4 is 10.5 Å². The summed E-state index contributed by atoms with van der Waals surface area (Å²) in [5.41, 5.74) is 7.28. The molecule has 0 radical (unpaired) electrons. The Bertz CT molecular complexity index is 472. The highest BCUT2D eigenvalue weighted by atomic mass is 35.5. The van der Waals surface area contributed by atoms with Crippen LogP contribution in [0.15, 0.2) is 17.5 Å². The van der Waals surface area contributed by atoms with Crippen molar-refractivity contribution < 1.29 is 4.74 Å². The summed E-state index contributed by atoms with van der Waals surface area (Å²) < 4.78 is 6.07. The SMILES string of the molecule is COc1ccsc1C(N)c1cc(C)c(Cl)s1. The van der Waals surface area contributed by atoms with Crippen LogP contribution in [-0.4, -0.2) is 7.11 Å². The van der Waals surface area contributed by atoms with E-state index in [9.17, 15) is 0 Å². The van der Waals surface area contributed by atoms with E-state index in [0.29, 0.717) is 0 Å². The smallest absolute Gasteiger partial charge is 0.134 e. The summed E-state index contributed by atoms with van der Waals surface area (Å²) in [5, 5.41) is 1.98. The first-order chi connectivity index (χ1) is 7.63. The molecule has 0 fully saturated rings. The molecule has 0 amide bonds. The minimum absolute atomic E-state index is 0.147. The number of nitrogens with two attached hydrogens (primary N) is 1. The first-order valence-corrected chi connectivity index (χ1v) is 6.83. The molecule has 0 aliphatic carbocycles. The number of hydrogen-bond donors (Lipinski definition) is 1. The van der Waals surface area contributed by atoms with Crippen LogP contribution in [0.3, 0.4) is 0 Å². The number of ether oxygens (including phenoxy) is 1. The van der Waals surface area contributed by atoms with Gasteiger partial charge in [-0.15, -0.1) is 22.7 Å². The van der Waals surface area contributed by atoms with Gasteiger partial charge in [-0.1, -0.05) is 11.6 Å². The zero-order valence-corrected chi connectivity index (χ0v) is 11.4. The summed E-state index contributed by atoms with van der Waals surface area (Å²) in [6, 6.07) is 3.82. The average molecular weight is 274 g/mol. The Kier molecular flexibility index (Phi) is 3.54. The van der Waals surface area contributed by atoms with Crippen LogP contribution in [0.5, 0.6) is 5.75 Å². The van der Waals surface area contributed by atoms with Gasteiger partial charge in [0, 0.05) is 4.88 Å². The summed E-state index contributed by atoms with van der Waals surface area (Å²) in [5.74, 6) is 0.847. The monoisotopic (exact) mass is 273 g/mol. The largest absolute Gasteiger partial charge is 0.496 e. The third-order valence-corrected chi connectivity index (χ3v) is 4.96. The summed E-state index contributed by atoms with van der Waals surface area (Å²) in [6.07, 6.45) is 0. The molecule has 16 heavy (non-hydrogen) atoms. The van der Waals surface area contributed by atoms with Gasteiger partial charge in [0.2, 0.25) is 0 Å². The molecule has 2 aromatic rings. The van der Waals surface area contributed by atoms with E-state index < -0.39 is 0 Å². The van der Waals surface area contributed by atoms with Gasteiger partial charge in [0.25, 0.3) is 0 Å². The molecule has 0 saturated heterocycles. The van der Waals surface area contributed by atoms with Gasteiger partial charge in [-0.05, 0) is 30.0 Å². The lowest BCUT2D eigenvalue weighted by Crippen LogP contribution is -2.09. The Morgan fingerprint density at radius 3 is 2.81 bits per heavy atom. The Morgan fingerprint density at radius 2 is 2.25 bits per heavy atom. The van der Waals surface area contributed by atoms with Gasteiger partial charge in [-0.3, -0.25) is 0 Å². The van der Waals surface area contributed by atoms with Gasteiger partial charge >= 0.3 is 0 Å². The number of hydrogen-bond acceptors (Lipinski definition) is 4. The molecule has 1 unspecified atom stereocenters. The molecule has 0 saturated carbocycles. The molecule has 0 aliphatic rings. The van der Waals surface area contributed by atoms with Crippen LogP contribution in [0.4, 0.5) is 0 Å². The van der Waals surface area contributed by atoms with Crippen LogP contribution in [0, 0.1) is 6.92 Å². The average Bonchev–Trinajstić information content (AvgIpc) is 2.85. The fourth-order valence-electron chi connectivity index (χ4n) is 1.47. The van der Waals surface area contributed by atoms with Gasteiger partial charge in [-0.25, -0.2) is 0 Å². The molecule has 2 nitrogen and oxygen atoms in total. The molecule has 5 heteroatoms. The minimum Gasteiger partial charge on any atom is -0.496 e. The molecular weight excluding hydrogens is 262 g/mol. The van der Waals surface area contributed by atoms with Gasteiger partial charge in [0.1, 0.15) is 5.75 Å². The van der Waals surface area contributed by atoms with Crippen molar-refractivity contribution in [3.8, 4) is 5.75 Å². The van der Waals surface area contributed by atoms with Gasteiger partial charge in [0.05, 0.1) is 22.4 Å². The van der Waals surface area contributed by atoms with E-state index in [1.807, 2.05) is 24.4 Å². The van der Waals surface area contributed by atoms with Gasteiger partial charge in [0.15, 0.2) is 0 Å². The summed E-state index contributed by atoms with van der Waals surface area (Å²) in [7, 11) is 1.66. The number of thiophene rings is 2. The molecule has 2 N–H and O–H groups in total. The highest BCUT2D eigenvalue weighted by Gasteiger charge is 2.18. The zero-order chi connectivity index (χ0) is 11.7. The standard InChI is InChI=1S/C11H12ClNOS2/c1-6-5-8(16-11(6)12)9(13)10-7(14-2)3-4-15-10/h3-5,9H,13H2,1-2H3. The Hall–Kier alpha value is -0.550. The number of halogens is 1. The van der Waals surface area contributed by atoms with Gasteiger partial charge < -0.3 is 10.5 Å². The number of rotatable bonds is 3. The van der Waals surface area contributed by atoms with E-state index in [4.69, 9.17) is 22.1 Å². The van der Waals surface area contributed by atoms with E-state index in [-0.39, 0.29) is 6.04 Å². The van der Waals surface area contributed by atoms with Crippen molar-refractivity contribution in [2.24, 2.45) is 5.73 Å². The molecule has 0 bridgehead atoms. The topological polar surface area (TPSA) is 35.2 Å². The normalized spacial score (nSPS) is 12.8. The zero-order valence-electron chi connectivity index (χ0n) is 8.99. The molecule has 86 valence electrons. The van der Waals surface area contributed by atoms with E-state index in [0.717, 1.165) is 25.4 Å². The first kappa shape index (κ1) is 11.9. The van der Waals surface area contributed by atoms with Crippen molar-refractivity contribution in [1.82, 2.24) is 0 Å². The van der Waals surface area contributed by atoms with E-state index in [2.05, 4.69) is 0 Å². The lowest BCUT2D eigenvalue weighted by atomic mass is 10.2. The van der Waals surface area contributed by atoms with Crippen molar-refractivity contribution in [3.63, 3.8) is 0 Å². The predicted octanol–water partition coefficient (Wildman–Crippen LogP) is 3.83. The molecule has 0 aliphatic heterocycles. The lowest BCUT2D eigenvalue weighted by Gasteiger charge is -2.09. The summed E-state index contributed by atoms with van der Waals surface area (Å²) >= 11 is 9.18. The minimum atomic E-state index is -0.147. The number of aryl methyl sites for hydroxylation is 1. The van der Waals surface area contributed by atoms with E-state index in [1.54, 1.807) is 18.4 Å². The van der Waals surface area contributed by atoms with Gasteiger partial charge in [-0.2, -0.15) is 0 Å². The quantitative estimate of drug-likeness (QED) is 0.922. The van der Waals surface area contributed by atoms with Crippen molar-refractivity contribution >= 4 is 34.3 Å². The Labute approximate surface area is 108 Å². The molecule has 2 heterocycles. The second-order valence-corrected chi connectivity index (χ2v) is 6.07. The summed E-state index contributed by atoms with van der Waals surface area (Å²) in [6.45, 7) is 1.99. The fraction of sp³-hybridized carbons (Fsp3) is 0.273. The van der Waals surface area contributed by atoms with Crippen LogP contribution in [0.2, 0.25) is 4.34 Å². The molecular formula is C11H12ClNOS2. The highest BCUT2D eigenvalue weighted by Crippen LogP contribution is 2.38. The second kappa shape index (κ2) is 4.75. The lowest BCUT2D eigenvalue weighted by molar-refractivity contribution is 0.411. The predicted molar refractivity (Wildman–Crippen MR) is 71.0 cm³/mol. The van der Waals surface area contributed by atoms with Crippen LogP contribution >= 0.6 is 34.3 Å². The maximum atomic E-state index is 6.20. The highest BCUT2D eigenvalue weighted by molar-refractivity contribution is 7.16. The van der Waals surface area contributed by atoms with E-state index >= 15 is 0 Å². The van der Waals surface area contributed by atoms with Crippen molar-refractivity contribution in [3.05, 3.63) is 37.2 Å². The fourth-order valence-corrected chi connectivity index (χ4v) is 3.65. The van der Waals surface area contributed by atoms with Crippen molar-refractivity contribution in [2.75, 3.05) is 7.11 Å². The molecule has 2 rings (SSSR count). The summed E-state index contributed by atoms with van der Waals surface area (Å²) in [4.78, 5) is 2.11. The maximum Gasteiger partial charge on any atom is 0.134 e. The van der Waals surface area contributed by atoms with Crippen LogP contribution in [0.25, 0.3) is 0 Å². The maximum absolute atomic E-state index is 6.20. The van der Waals surface area contributed by atoms with Crippen LogP contribution in [-0.2, 0) is 0 Å². The molecule has 0 spiro atoms. The Balaban J connectivity index is 2.35. The number of methoxy groups -OCH3 is 1. The second-order valence-electron chi connectivity index (χ2n) is 3.44. The molecule has 1 atom stereocenters. The third-order valence-electron chi connectivity index (χ3n) is 2.34. The first-order valence-electron chi connectivity index (χ1n) is 4.76. The Morgan fingerprint density at radius 1 is 1.50 bits per heavy atom. The third kappa shape index (κ3) is 2.11. The molecule has 2 aromatic heterocycles. The molecule has 0 aromatic carbocycles. The van der Waals surface area contributed by atoms with Crippen molar-refractivity contribution in [1.29, 1.82) is 0 Å². The van der Waals surface area contributed by atoms with Crippen LogP contribution in [0.1, 0.15) is 21.4 Å². The van der Waals surface area contributed by atoms with Crippen molar-refractivity contribution in [2.45, 2.75) is 13.0 Å². The van der Waals surface area contributed by atoms with E-state index in [1.165, 1.54) is 11.3 Å².